The lowest BCUT2D eigenvalue weighted by Gasteiger charge is -2.32. The predicted molar refractivity (Wildman–Crippen MR) is 118 cm³/mol. The summed E-state index contributed by atoms with van der Waals surface area (Å²) in [5, 5.41) is 2.82. The summed E-state index contributed by atoms with van der Waals surface area (Å²) >= 11 is 0. The summed E-state index contributed by atoms with van der Waals surface area (Å²) < 4.78 is 31.9. The number of aromatic nitrogens is 3. The van der Waals surface area contributed by atoms with Crippen molar-refractivity contribution in [2.75, 3.05) is 5.32 Å². The summed E-state index contributed by atoms with van der Waals surface area (Å²) in [7, 11) is 0. The van der Waals surface area contributed by atoms with E-state index < -0.39 is 11.6 Å². The number of hydrogen-bond acceptors (Lipinski definition) is 5. The summed E-state index contributed by atoms with van der Waals surface area (Å²) in [4.78, 5) is 34.6. The molecule has 9 heteroatoms. The highest BCUT2D eigenvalue weighted by Gasteiger charge is 2.30. The number of H-pyrrole nitrogens is 1. The lowest BCUT2D eigenvalue weighted by atomic mass is 9.73. The summed E-state index contributed by atoms with van der Waals surface area (Å²) in [6, 6.07) is 7.14. The number of pyridine rings is 3. The minimum absolute atomic E-state index is 0.123. The zero-order chi connectivity index (χ0) is 23.4. The van der Waals surface area contributed by atoms with Crippen molar-refractivity contribution in [1.29, 1.82) is 0 Å². The van der Waals surface area contributed by atoms with Crippen molar-refractivity contribution in [1.82, 2.24) is 15.0 Å². The third kappa shape index (κ3) is 5.60. The number of aromatic amines is 1. The van der Waals surface area contributed by atoms with Gasteiger partial charge in [-0.25, -0.2) is 18.7 Å². The van der Waals surface area contributed by atoms with Gasteiger partial charge in [0, 0.05) is 24.2 Å². The van der Waals surface area contributed by atoms with Crippen LogP contribution < -0.4 is 15.6 Å². The van der Waals surface area contributed by atoms with Gasteiger partial charge in [-0.3, -0.25) is 9.59 Å². The molecular weight excluding hydrogens is 430 g/mol. The largest absolute Gasteiger partial charge is 0.435 e. The fourth-order valence-electron chi connectivity index (χ4n) is 4.22. The van der Waals surface area contributed by atoms with Crippen molar-refractivity contribution in [2.45, 2.75) is 38.5 Å². The fraction of sp³-hybridized carbons (Fsp3) is 0.333. The molecule has 0 aliphatic heterocycles. The average molecular weight is 454 g/mol. The minimum Gasteiger partial charge on any atom is -0.435 e. The molecule has 0 spiro atoms. The molecule has 3 atom stereocenters. The smallest absolute Gasteiger partial charge is 0.256 e. The number of amides is 1. The van der Waals surface area contributed by atoms with Crippen LogP contribution in [0.3, 0.4) is 0 Å². The van der Waals surface area contributed by atoms with Crippen molar-refractivity contribution in [2.24, 2.45) is 11.8 Å². The molecule has 4 rings (SSSR count). The van der Waals surface area contributed by atoms with Gasteiger partial charge in [-0.1, -0.05) is 19.4 Å². The number of carbonyl (C=O) groups is 1. The van der Waals surface area contributed by atoms with Crippen molar-refractivity contribution < 1.29 is 18.3 Å². The number of rotatable bonds is 6. The van der Waals surface area contributed by atoms with Crippen LogP contribution in [-0.4, -0.2) is 20.9 Å². The maximum Gasteiger partial charge on any atom is 0.256 e. The predicted octanol–water partition coefficient (Wildman–Crippen LogP) is 4.78. The maximum atomic E-state index is 13.7. The van der Waals surface area contributed by atoms with Gasteiger partial charge in [0.05, 0.1) is 12.4 Å². The van der Waals surface area contributed by atoms with Gasteiger partial charge in [-0.2, -0.15) is 0 Å². The molecule has 33 heavy (non-hydrogen) atoms. The lowest BCUT2D eigenvalue weighted by molar-refractivity contribution is -0.121. The molecule has 3 heterocycles. The van der Waals surface area contributed by atoms with E-state index in [2.05, 4.69) is 20.3 Å². The van der Waals surface area contributed by atoms with Crippen LogP contribution in [0.15, 0.2) is 53.7 Å². The second kappa shape index (κ2) is 9.89. The van der Waals surface area contributed by atoms with E-state index in [0.717, 1.165) is 37.4 Å². The molecule has 1 amide bonds. The Bertz CT molecular complexity index is 1160. The second-order valence-corrected chi connectivity index (χ2v) is 8.31. The monoisotopic (exact) mass is 454 g/mol. The van der Waals surface area contributed by atoms with Gasteiger partial charge in [0.15, 0.2) is 5.82 Å². The fourth-order valence-corrected chi connectivity index (χ4v) is 4.22. The van der Waals surface area contributed by atoms with Gasteiger partial charge in [0.2, 0.25) is 11.5 Å². The van der Waals surface area contributed by atoms with Crippen LogP contribution in [0.1, 0.15) is 44.1 Å². The molecule has 1 saturated carbocycles. The molecule has 1 aliphatic rings. The molecule has 0 aromatic carbocycles. The van der Waals surface area contributed by atoms with E-state index in [4.69, 9.17) is 4.74 Å². The first-order valence-corrected chi connectivity index (χ1v) is 10.8. The van der Waals surface area contributed by atoms with E-state index in [1.54, 1.807) is 12.3 Å². The van der Waals surface area contributed by atoms with Crippen molar-refractivity contribution in [3.05, 3.63) is 76.5 Å². The first-order valence-electron chi connectivity index (χ1n) is 10.8. The van der Waals surface area contributed by atoms with Gasteiger partial charge in [0.25, 0.3) is 5.88 Å². The second-order valence-electron chi connectivity index (χ2n) is 8.31. The highest BCUT2D eigenvalue weighted by atomic mass is 19.1. The quantitative estimate of drug-likeness (QED) is 0.559. The van der Waals surface area contributed by atoms with E-state index >= 15 is 0 Å². The molecule has 1 unspecified atom stereocenters. The summed E-state index contributed by atoms with van der Waals surface area (Å²) in [6.45, 7) is 1.91. The summed E-state index contributed by atoms with van der Waals surface area (Å²) in [5.41, 5.74) is 0.970. The lowest BCUT2D eigenvalue weighted by Crippen LogP contribution is -2.30. The van der Waals surface area contributed by atoms with Gasteiger partial charge in [-0.15, -0.1) is 0 Å². The highest BCUT2D eigenvalue weighted by Crippen LogP contribution is 2.39. The van der Waals surface area contributed by atoms with Crippen LogP contribution in [0.25, 0.3) is 0 Å². The van der Waals surface area contributed by atoms with Gasteiger partial charge < -0.3 is 15.0 Å². The van der Waals surface area contributed by atoms with E-state index in [1.807, 2.05) is 13.0 Å². The molecule has 1 fully saturated rings. The third-order valence-corrected chi connectivity index (χ3v) is 6.09. The molecule has 1 aliphatic carbocycles. The Morgan fingerprint density at radius 2 is 2.03 bits per heavy atom. The number of carbonyl (C=O) groups excluding carboxylic acids is 1. The third-order valence-electron chi connectivity index (χ3n) is 6.09. The Morgan fingerprint density at radius 3 is 2.73 bits per heavy atom. The molecular formula is C24H24F2N4O3. The van der Waals surface area contributed by atoms with Crippen LogP contribution in [-0.2, 0) is 4.79 Å². The van der Waals surface area contributed by atoms with E-state index in [1.165, 1.54) is 18.3 Å². The minimum atomic E-state index is -0.922. The van der Waals surface area contributed by atoms with Crippen LogP contribution in [0, 0.1) is 23.5 Å². The van der Waals surface area contributed by atoms with Crippen molar-refractivity contribution in [3.63, 3.8) is 0 Å². The average Bonchev–Trinajstić information content (AvgIpc) is 2.82. The maximum absolute atomic E-state index is 13.7. The first-order chi connectivity index (χ1) is 15.9. The molecule has 3 aromatic heterocycles. The van der Waals surface area contributed by atoms with Crippen molar-refractivity contribution >= 4 is 11.7 Å². The Morgan fingerprint density at radius 1 is 1.18 bits per heavy atom. The molecule has 7 nitrogen and oxygen atoms in total. The Kier molecular flexibility index (Phi) is 6.76. The van der Waals surface area contributed by atoms with Crippen LogP contribution in [0.2, 0.25) is 0 Å². The van der Waals surface area contributed by atoms with Crippen LogP contribution in [0.5, 0.6) is 11.6 Å². The SMILES string of the molecule is CC(C(=O)Nc1ccc(Oc2ncc(F)cc2F)cn1)[C@H]1CCC[C@@H](c2ccc(=O)[nH]c2)C1. The number of nitrogens with zero attached hydrogens (tertiary/aromatic N) is 2. The summed E-state index contributed by atoms with van der Waals surface area (Å²) in [5.74, 6) is -1.35. The van der Waals surface area contributed by atoms with Gasteiger partial charge in [-0.05, 0) is 48.8 Å². The van der Waals surface area contributed by atoms with Gasteiger partial charge in [0.1, 0.15) is 17.4 Å². The highest BCUT2D eigenvalue weighted by molar-refractivity contribution is 5.91. The number of nitrogens with one attached hydrogen (secondary N) is 2. The Hall–Kier alpha value is -3.62. The molecule has 2 N–H and O–H groups in total. The molecule has 0 bridgehead atoms. The summed E-state index contributed by atoms with van der Waals surface area (Å²) in [6.07, 6.45) is 7.84. The number of hydrogen-bond donors (Lipinski definition) is 2. The van der Waals surface area contributed by atoms with Crippen LogP contribution in [0.4, 0.5) is 14.6 Å². The molecule has 3 aromatic rings. The van der Waals surface area contributed by atoms with Gasteiger partial charge >= 0.3 is 0 Å². The van der Waals surface area contributed by atoms with E-state index in [9.17, 15) is 18.4 Å². The number of anilines is 1. The van der Waals surface area contributed by atoms with E-state index in [-0.39, 0.29) is 34.9 Å². The van der Waals surface area contributed by atoms with Crippen LogP contribution >= 0.6 is 0 Å². The molecule has 0 radical (unpaired) electrons. The Balaban J connectivity index is 1.35. The number of halogens is 2. The standard InChI is InChI=1S/C24H24F2N4O3/c1-14(15-3-2-4-16(9-15)17-5-8-22(31)28-11-17)23(32)30-21-7-6-19(13-27-21)33-24-20(26)10-18(25)12-29-24/h5-8,10-16H,2-4,9H2,1H3,(H,28,31)(H,27,30,32)/t14?,15-,16+/m0/s1. The van der Waals surface area contributed by atoms with E-state index in [0.29, 0.717) is 17.8 Å². The molecule has 172 valence electrons. The zero-order valence-corrected chi connectivity index (χ0v) is 18.1. The normalized spacial score (nSPS) is 19.0. The first kappa shape index (κ1) is 22.6. The number of ether oxygens (including phenoxy) is 1. The Labute approximate surface area is 189 Å². The molecule has 0 saturated heterocycles. The zero-order valence-electron chi connectivity index (χ0n) is 18.1. The topological polar surface area (TPSA) is 97.0 Å². The van der Waals surface area contributed by atoms with Crippen molar-refractivity contribution in [3.8, 4) is 11.6 Å².